The van der Waals surface area contributed by atoms with Crippen LogP contribution in [0.5, 0.6) is 0 Å². The number of hydrogen-bond donors (Lipinski definition) is 1. The summed E-state index contributed by atoms with van der Waals surface area (Å²) in [5.41, 5.74) is 6.86. The number of nitrogens with one attached hydrogen (secondary N) is 1. The Hall–Kier alpha value is -6.11. The maximum absolute atomic E-state index is 6.89. The summed E-state index contributed by atoms with van der Waals surface area (Å²) in [6.45, 7) is 0. The fraction of sp³-hybridized carbons (Fsp3) is 0.0238. The number of amidine groups is 2. The molecule has 48 heavy (non-hydrogen) atoms. The van der Waals surface area contributed by atoms with Crippen LogP contribution in [0.15, 0.2) is 160 Å². The molecular weight excluding hydrogens is 609 g/mol. The lowest BCUT2D eigenvalue weighted by atomic mass is 9.96. The van der Waals surface area contributed by atoms with E-state index in [-0.39, 0.29) is 6.17 Å². The van der Waals surface area contributed by atoms with Crippen molar-refractivity contribution in [3.05, 3.63) is 163 Å². The van der Waals surface area contributed by atoms with Crippen LogP contribution in [0.2, 0.25) is 0 Å². The Labute approximate surface area is 279 Å². The maximum atomic E-state index is 6.89. The van der Waals surface area contributed by atoms with Crippen molar-refractivity contribution in [3.63, 3.8) is 0 Å². The Kier molecular flexibility index (Phi) is 6.04. The van der Waals surface area contributed by atoms with Crippen LogP contribution in [-0.4, -0.2) is 16.7 Å². The summed E-state index contributed by atoms with van der Waals surface area (Å²) in [5, 5.41) is 10.4. The van der Waals surface area contributed by atoms with Crippen molar-refractivity contribution in [1.82, 2.24) is 10.3 Å². The zero-order valence-electron chi connectivity index (χ0n) is 25.6. The number of aromatic nitrogens is 1. The van der Waals surface area contributed by atoms with E-state index in [4.69, 9.17) is 14.4 Å². The van der Waals surface area contributed by atoms with E-state index in [0.717, 1.165) is 66.4 Å². The van der Waals surface area contributed by atoms with Crippen LogP contribution in [0, 0.1) is 0 Å². The first kappa shape index (κ1) is 27.0. The summed E-state index contributed by atoms with van der Waals surface area (Å²) in [6.07, 6.45) is 3.42. The van der Waals surface area contributed by atoms with Crippen molar-refractivity contribution in [2.45, 2.75) is 6.17 Å². The Balaban J connectivity index is 1.26. The fourth-order valence-corrected chi connectivity index (χ4v) is 8.17. The first-order valence-electron chi connectivity index (χ1n) is 16.0. The molecule has 0 saturated heterocycles. The lowest BCUT2D eigenvalue weighted by Gasteiger charge is -2.24. The SMILES string of the molecule is c1ccc(C2=NC(c3ccccc3)NC(c3ccc(-c4cccc5c4sc4ccccc45)c4oc5cc6cnccc6cc5c34)=N2)cc1. The third-order valence-corrected chi connectivity index (χ3v) is 10.4. The number of rotatable bonds is 4. The molecule has 226 valence electrons. The molecule has 0 bridgehead atoms. The van der Waals surface area contributed by atoms with E-state index in [2.05, 4.69) is 107 Å². The van der Waals surface area contributed by atoms with E-state index in [9.17, 15) is 0 Å². The topological polar surface area (TPSA) is 62.8 Å². The predicted octanol–water partition coefficient (Wildman–Crippen LogP) is 10.7. The Bertz CT molecular complexity index is 2760. The number of aliphatic imine (C=N–C) groups is 2. The van der Waals surface area contributed by atoms with Gasteiger partial charge in [-0.25, -0.2) is 9.98 Å². The molecule has 0 amide bonds. The molecule has 1 aliphatic heterocycles. The zero-order chi connectivity index (χ0) is 31.6. The molecule has 5 nitrogen and oxygen atoms in total. The second kappa shape index (κ2) is 10.7. The minimum Gasteiger partial charge on any atom is -0.455 e. The third kappa shape index (κ3) is 4.27. The van der Waals surface area contributed by atoms with Gasteiger partial charge in [0.05, 0.1) is 0 Å². The monoisotopic (exact) mass is 634 g/mol. The molecule has 1 atom stereocenters. The molecule has 0 spiro atoms. The first-order valence-corrected chi connectivity index (χ1v) is 16.8. The van der Waals surface area contributed by atoms with Crippen molar-refractivity contribution in [1.29, 1.82) is 0 Å². The summed E-state index contributed by atoms with van der Waals surface area (Å²) in [7, 11) is 0. The molecule has 0 radical (unpaired) electrons. The van der Waals surface area contributed by atoms with Crippen LogP contribution in [0.1, 0.15) is 22.9 Å². The molecule has 6 aromatic carbocycles. The average molecular weight is 635 g/mol. The molecule has 1 unspecified atom stereocenters. The second-order valence-corrected chi connectivity index (χ2v) is 13.1. The molecule has 1 aliphatic rings. The van der Waals surface area contributed by atoms with Gasteiger partial charge in [-0.1, -0.05) is 97.1 Å². The van der Waals surface area contributed by atoms with Gasteiger partial charge in [0.15, 0.2) is 5.84 Å². The smallest absolute Gasteiger partial charge is 0.159 e. The molecule has 0 fully saturated rings. The number of furan rings is 1. The highest BCUT2D eigenvalue weighted by atomic mass is 32.1. The maximum Gasteiger partial charge on any atom is 0.159 e. The van der Waals surface area contributed by atoms with Crippen molar-refractivity contribution in [2.75, 3.05) is 0 Å². The van der Waals surface area contributed by atoms with E-state index in [1.165, 1.54) is 20.2 Å². The highest BCUT2D eigenvalue weighted by Crippen LogP contribution is 2.45. The summed E-state index contributed by atoms with van der Waals surface area (Å²) in [6, 6.07) is 46.5. The molecule has 10 rings (SSSR count). The molecule has 6 heteroatoms. The minimum absolute atomic E-state index is 0.305. The Morgan fingerprint density at radius 2 is 1.44 bits per heavy atom. The molecule has 3 aromatic heterocycles. The van der Waals surface area contributed by atoms with Gasteiger partial charge in [0.1, 0.15) is 23.2 Å². The number of hydrogen-bond acceptors (Lipinski definition) is 6. The van der Waals surface area contributed by atoms with Crippen LogP contribution >= 0.6 is 11.3 Å². The van der Waals surface area contributed by atoms with Gasteiger partial charge in [0, 0.05) is 71.0 Å². The van der Waals surface area contributed by atoms with E-state index < -0.39 is 0 Å². The minimum atomic E-state index is -0.305. The number of pyridine rings is 1. The van der Waals surface area contributed by atoms with Gasteiger partial charge in [-0.3, -0.25) is 4.98 Å². The third-order valence-electron chi connectivity index (χ3n) is 9.22. The van der Waals surface area contributed by atoms with E-state index in [1.807, 2.05) is 60.1 Å². The number of nitrogens with zero attached hydrogens (tertiary/aromatic N) is 3. The highest BCUT2D eigenvalue weighted by molar-refractivity contribution is 7.26. The molecule has 9 aromatic rings. The zero-order valence-corrected chi connectivity index (χ0v) is 26.4. The van der Waals surface area contributed by atoms with Crippen LogP contribution in [0.3, 0.4) is 0 Å². The fourth-order valence-electron chi connectivity index (χ4n) is 6.94. The standard InChI is InChI=1S/C42H26N4OS/c1-3-10-25(11-4-1)40-44-41(26-12-5-2-6-13-26)46-42(45-40)33-19-18-30(32-16-9-15-31-29-14-7-8-17-36(29)48-39(31)32)38-37(33)34-22-27-20-21-43-24-28(27)23-35(34)47-38/h1-24,40H,(H,44,45,46). The van der Waals surface area contributed by atoms with E-state index >= 15 is 0 Å². The summed E-state index contributed by atoms with van der Waals surface area (Å²) >= 11 is 1.83. The van der Waals surface area contributed by atoms with Gasteiger partial charge in [-0.15, -0.1) is 11.3 Å². The van der Waals surface area contributed by atoms with Crippen LogP contribution in [0.4, 0.5) is 0 Å². The van der Waals surface area contributed by atoms with Gasteiger partial charge < -0.3 is 9.73 Å². The summed E-state index contributed by atoms with van der Waals surface area (Å²) < 4.78 is 9.41. The molecular formula is C42H26N4OS. The molecule has 1 N–H and O–H groups in total. The van der Waals surface area contributed by atoms with Gasteiger partial charge in [-0.05, 0) is 47.3 Å². The van der Waals surface area contributed by atoms with Crippen molar-refractivity contribution < 1.29 is 4.42 Å². The van der Waals surface area contributed by atoms with Crippen molar-refractivity contribution >= 4 is 75.9 Å². The summed E-state index contributed by atoms with van der Waals surface area (Å²) in [5.74, 6) is 1.45. The van der Waals surface area contributed by atoms with Crippen LogP contribution in [-0.2, 0) is 0 Å². The van der Waals surface area contributed by atoms with Gasteiger partial charge in [-0.2, -0.15) is 0 Å². The van der Waals surface area contributed by atoms with Crippen LogP contribution < -0.4 is 5.32 Å². The molecule has 0 saturated carbocycles. The van der Waals surface area contributed by atoms with E-state index in [0.29, 0.717) is 5.84 Å². The van der Waals surface area contributed by atoms with Gasteiger partial charge >= 0.3 is 0 Å². The lowest BCUT2D eigenvalue weighted by Crippen LogP contribution is -2.33. The Morgan fingerprint density at radius 3 is 2.33 bits per heavy atom. The quantitative estimate of drug-likeness (QED) is 0.210. The first-order chi connectivity index (χ1) is 23.8. The van der Waals surface area contributed by atoms with Crippen molar-refractivity contribution in [3.8, 4) is 11.1 Å². The molecule has 0 aliphatic carbocycles. The molecule has 4 heterocycles. The number of fused-ring (bicyclic) bond motifs is 7. The predicted molar refractivity (Wildman–Crippen MR) is 199 cm³/mol. The lowest BCUT2D eigenvalue weighted by molar-refractivity contribution is 0.669. The largest absolute Gasteiger partial charge is 0.455 e. The van der Waals surface area contributed by atoms with Crippen molar-refractivity contribution in [2.24, 2.45) is 9.98 Å². The number of benzene rings is 6. The van der Waals surface area contributed by atoms with Gasteiger partial charge in [0.2, 0.25) is 0 Å². The van der Waals surface area contributed by atoms with Crippen LogP contribution in [0.25, 0.3) is 64.0 Å². The number of thiophene rings is 1. The summed E-state index contributed by atoms with van der Waals surface area (Å²) in [4.78, 5) is 14.6. The second-order valence-electron chi connectivity index (χ2n) is 12.1. The Morgan fingerprint density at radius 1 is 0.646 bits per heavy atom. The van der Waals surface area contributed by atoms with Gasteiger partial charge in [0.25, 0.3) is 0 Å². The average Bonchev–Trinajstić information content (AvgIpc) is 3.73. The normalized spacial score (nSPS) is 14.9. The van der Waals surface area contributed by atoms with E-state index in [1.54, 1.807) is 0 Å². The highest BCUT2D eigenvalue weighted by Gasteiger charge is 2.26.